The van der Waals surface area contributed by atoms with E-state index in [9.17, 15) is 22.8 Å². The molecule has 1 heterocycles. The summed E-state index contributed by atoms with van der Waals surface area (Å²) >= 11 is 0. The third-order valence-electron chi connectivity index (χ3n) is 10.3. The third-order valence-corrected chi connectivity index (χ3v) is 11.8. The second-order valence-corrected chi connectivity index (χ2v) is 16.3. The summed E-state index contributed by atoms with van der Waals surface area (Å²) < 4.78 is 29.9. The van der Waals surface area contributed by atoms with E-state index in [0.717, 1.165) is 32.1 Å². The minimum Gasteiger partial charge on any atom is -0.354 e. The number of ketones is 1. The van der Waals surface area contributed by atoms with Gasteiger partial charge in [0.15, 0.2) is 0 Å². The molecule has 4 N–H and O–H groups in total. The van der Waals surface area contributed by atoms with Crippen LogP contribution in [0.4, 0.5) is 0 Å². The molecule has 0 radical (unpaired) electrons. The van der Waals surface area contributed by atoms with Gasteiger partial charge < -0.3 is 16.0 Å². The van der Waals surface area contributed by atoms with E-state index < -0.39 is 27.5 Å². The maximum absolute atomic E-state index is 13.9. The van der Waals surface area contributed by atoms with Gasteiger partial charge in [0, 0.05) is 31.0 Å². The van der Waals surface area contributed by atoms with E-state index in [-0.39, 0.29) is 46.1 Å². The highest BCUT2D eigenvalue weighted by atomic mass is 32.2. The number of nitrogens with one attached hydrogen (secondary N) is 2. The molecule has 4 fully saturated rings. The molecule has 0 aromatic heterocycles. The number of nitrogens with two attached hydrogens (primary N) is 1. The van der Waals surface area contributed by atoms with E-state index in [2.05, 4.69) is 10.0 Å². The first-order valence-corrected chi connectivity index (χ1v) is 16.6. The molecular weight excluding hydrogens is 516 g/mol. The van der Waals surface area contributed by atoms with Crippen LogP contribution < -0.4 is 15.8 Å². The van der Waals surface area contributed by atoms with Gasteiger partial charge in [0.2, 0.25) is 21.8 Å². The lowest BCUT2D eigenvalue weighted by molar-refractivity contribution is -0.140. The molecule has 3 aliphatic carbocycles. The average molecular weight is 567 g/mol. The van der Waals surface area contributed by atoms with Gasteiger partial charge in [0.05, 0.1) is 5.75 Å². The molecule has 4 rings (SSSR count). The first kappa shape index (κ1) is 30.4. The molecule has 0 spiro atoms. The molecule has 1 aliphatic heterocycles. The fourth-order valence-corrected chi connectivity index (χ4v) is 9.77. The van der Waals surface area contributed by atoms with Crippen molar-refractivity contribution in [3.8, 4) is 0 Å². The number of carbonyl (C=O) groups is 3. The Morgan fingerprint density at radius 3 is 2.33 bits per heavy atom. The number of hydrogen-bond donors (Lipinski definition) is 3. The Kier molecular flexibility index (Phi) is 8.62. The van der Waals surface area contributed by atoms with E-state index in [1.54, 1.807) is 4.90 Å². The number of amides is 2. The van der Waals surface area contributed by atoms with Crippen molar-refractivity contribution < 1.29 is 22.8 Å². The standard InChI is InChI=1S/C29H50N4O5S/c1-27(2,3)16-22(32-39(37,38)18-29-13-12-20(15-24(29)34)28(29,4)5)26(36)33-14-6-7-23(33)25(35)31-17-19-8-10-21(30)11-9-19/h19-23,32H,6-18,30H2,1-5H3,(H,31,35)/t19?,20?,21?,22-,23+,29?/m1/s1. The predicted molar refractivity (Wildman–Crippen MR) is 151 cm³/mol. The molecule has 0 aromatic rings. The summed E-state index contributed by atoms with van der Waals surface area (Å²) in [4.78, 5) is 41.6. The predicted octanol–water partition coefficient (Wildman–Crippen LogP) is 2.73. The summed E-state index contributed by atoms with van der Waals surface area (Å²) in [5.74, 6) is -0.163. The molecule has 4 atom stereocenters. The second-order valence-electron chi connectivity index (χ2n) is 14.6. The van der Waals surface area contributed by atoms with Crippen molar-refractivity contribution in [3.63, 3.8) is 0 Å². The number of Topliss-reactive ketones (excluding diaryl/α,β-unsaturated/α-hetero) is 1. The number of carbonyl (C=O) groups excluding carboxylic acids is 3. The van der Waals surface area contributed by atoms with E-state index >= 15 is 0 Å². The highest BCUT2D eigenvalue weighted by molar-refractivity contribution is 7.89. The number of fused-ring (bicyclic) bond motifs is 2. The van der Waals surface area contributed by atoms with E-state index in [1.165, 1.54) is 0 Å². The zero-order chi connectivity index (χ0) is 28.8. The van der Waals surface area contributed by atoms with Gasteiger partial charge in [0.25, 0.3) is 0 Å². The minimum atomic E-state index is -3.96. The van der Waals surface area contributed by atoms with Crippen LogP contribution in [0.1, 0.15) is 98.8 Å². The Hall–Kier alpha value is -1.52. The highest BCUT2D eigenvalue weighted by Gasteiger charge is 2.65. The van der Waals surface area contributed by atoms with Gasteiger partial charge >= 0.3 is 0 Å². The molecule has 1 saturated heterocycles. The molecule has 9 nitrogen and oxygen atoms in total. The highest BCUT2D eigenvalue weighted by Crippen LogP contribution is 2.64. The molecule has 4 aliphatic rings. The summed E-state index contributed by atoms with van der Waals surface area (Å²) in [5, 5.41) is 3.06. The fourth-order valence-electron chi connectivity index (χ4n) is 7.74. The van der Waals surface area contributed by atoms with Crippen LogP contribution in [0, 0.1) is 28.1 Å². The van der Waals surface area contributed by atoms with Crippen molar-refractivity contribution in [3.05, 3.63) is 0 Å². The molecule has 10 heteroatoms. The van der Waals surface area contributed by atoms with Crippen LogP contribution in [0.3, 0.4) is 0 Å². The molecule has 2 bridgehead atoms. The summed E-state index contributed by atoms with van der Waals surface area (Å²) in [6.07, 6.45) is 7.34. The average Bonchev–Trinajstić information content (AvgIpc) is 3.45. The van der Waals surface area contributed by atoms with Crippen molar-refractivity contribution in [2.24, 2.45) is 33.8 Å². The Labute approximate surface area is 234 Å². The van der Waals surface area contributed by atoms with Crippen molar-refractivity contribution in [1.29, 1.82) is 0 Å². The first-order chi connectivity index (χ1) is 18.0. The quantitative estimate of drug-likeness (QED) is 0.392. The monoisotopic (exact) mass is 566 g/mol. The second kappa shape index (κ2) is 11.0. The summed E-state index contributed by atoms with van der Waals surface area (Å²) in [6.45, 7) is 10.9. The maximum atomic E-state index is 13.9. The summed E-state index contributed by atoms with van der Waals surface area (Å²) in [5.41, 5.74) is 4.38. The van der Waals surface area contributed by atoms with Gasteiger partial charge in [-0.15, -0.1) is 0 Å². The first-order valence-electron chi connectivity index (χ1n) is 14.9. The zero-order valence-electron chi connectivity index (χ0n) is 24.6. The van der Waals surface area contributed by atoms with Crippen LogP contribution in [-0.2, 0) is 24.4 Å². The molecular formula is C29H50N4O5S. The lowest BCUT2D eigenvalue weighted by Gasteiger charge is -2.37. The molecule has 39 heavy (non-hydrogen) atoms. The summed E-state index contributed by atoms with van der Waals surface area (Å²) in [7, 11) is -3.96. The molecule has 222 valence electrons. The molecule has 0 aromatic carbocycles. The fraction of sp³-hybridized carbons (Fsp3) is 0.897. The third kappa shape index (κ3) is 6.38. The summed E-state index contributed by atoms with van der Waals surface area (Å²) in [6, 6.07) is -1.34. The normalized spacial score (nSPS) is 33.4. The van der Waals surface area contributed by atoms with E-state index in [1.807, 2.05) is 34.6 Å². The SMILES string of the molecule is CC(C)(C)C[C@@H](NS(=O)(=O)CC12CCC(CC1=O)C2(C)C)C(=O)N1CCC[C@H]1C(=O)NCC1CCC(N)CC1. The minimum absolute atomic E-state index is 0.0315. The Balaban J connectivity index is 1.45. The van der Waals surface area contributed by atoms with Gasteiger partial charge in [0.1, 0.15) is 17.9 Å². The van der Waals surface area contributed by atoms with E-state index in [4.69, 9.17) is 5.73 Å². The zero-order valence-corrected chi connectivity index (χ0v) is 25.4. The van der Waals surface area contributed by atoms with Crippen LogP contribution in [0.2, 0.25) is 0 Å². The Bertz CT molecular complexity index is 1060. The largest absolute Gasteiger partial charge is 0.354 e. The van der Waals surface area contributed by atoms with Crippen LogP contribution in [0.25, 0.3) is 0 Å². The lowest BCUT2D eigenvalue weighted by Crippen LogP contribution is -2.56. The van der Waals surface area contributed by atoms with Gasteiger partial charge in [-0.3, -0.25) is 14.4 Å². The van der Waals surface area contributed by atoms with Gasteiger partial charge in [-0.25, -0.2) is 13.1 Å². The molecule has 3 saturated carbocycles. The van der Waals surface area contributed by atoms with Crippen molar-refractivity contribution >= 4 is 27.6 Å². The molecule has 2 amide bonds. The number of rotatable bonds is 9. The van der Waals surface area contributed by atoms with Gasteiger partial charge in [-0.1, -0.05) is 34.6 Å². The lowest BCUT2D eigenvalue weighted by atomic mass is 9.70. The van der Waals surface area contributed by atoms with Crippen molar-refractivity contribution in [1.82, 2.24) is 14.9 Å². The Morgan fingerprint density at radius 1 is 1.10 bits per heavy atom. The number of nitrogens with zero attached hydrogens (tertiary/aromatic N) is 1. The van der Waals surface area contributed by atoms with E-state index in [0.29, 0.717) is 51.1 Å². The van der Waals surface area contributed by atoms with Crippen LogP contribution in [-0.4, -0.2) is 67.9 Å². The molecule has 2 unspecified atom stereocenters. The van der Waals surface area contributed by atoms with Crippen LogP contribution in [0.15, 0.2) is 0 Å². The number of sulfonamides is 1. The Morgan fingerprint density at radius 2 is 1.77 bits per heavy atom. The number of hydrogen-bond acceptors (Lipinski definition) is 6. The smallest absolute Gasteiger partial charge is 0.242 e. The number of likely N-dealkylation sites (tertiary alicyclic amines) is 1. The van der Waals surface area contributed by atoms with Crippen molar-refractivity contribution in [2.75, 3.05) is 18.8 Å². The van der Waals surface area contributed by atoms with Gasteiger partial charge in [-0.2, -0.15) is 0 Å². The van der Waals surface area contributed by atoms with Crippen LogP contribution in [0.5, 0.6) is 0 Å². The maximum Gasteiger partial charge on any atom is 0.242 e. The van der Waals surface area contributed by atoms with Crippen molar-refractivity contribution in [2.45, 2.75) is 117 Å². The topological polar surface area (TPSA) is 139 Å². The van der Waals surface area contributed by atoms with Gasteiger partial charge in [-0.05, 0) is 80.5 Å². The van der Waals surface area contributed by atoms with Crippen LogP contribution >= 0.6 is 0 Å².